The number of rotatable bonds is 5. The second kappa shape index (κ2) is 7.87. The molecule has 0 bridgehead atoms. The molecule has 2 aliphatic rings. The minimum absolute atomic E-state index is 0.0510. The molecule has 0 radical (unpaired) electrons. The van der Waals surface area contributed by atoms with E-state index in [1.54, 1.807) is 23.1 Å². The number of carbonyl (C=O) groups excluding carboxylic acids is 1. The van der Waals surface area contributed by atoms with Gasteiger partial charge in [-0.1, -0.05) is 29.3 Å². The predicted molar refractivity (Wildman–Crippen MR) is 106 cm³/mol. The molecule has 2 fully saturated rings. The van der Waals surface area contributed by atoms with Crippen LogP contribution >= 0.6 is 23.2 Å². The van der Waals surface area contributed by atoms with E-state index in [9.17, 15) is 21.6 Å². The maximum atomic E-state index is 12.6. The number of nitrogens with one attached hydrogen (secondary N) is 1. The van der Waals surface area contributed by atoms with Crippen molar-refractivity contribution >= 4 is 54.5 Å². The third kappa shape index (κ3) is 5.14. The standard InChI is InChI=1S/C16H20Cl2N2O5S2/c17-13-2-1-3-14(16(13)18)19-15(21)8-20(11-4-6-26(22,23)9-11)12-5-7-27(24,25)10-12/h1-3,11-12H,4-10H2,(H,19,21). The number of amides is 1. The minimum Gasteiger partial charge on any atom is -0.324 e. The van der Waals surface area contributed by atoms with E-state index in [1.807, 2.05) is 0 Å². The highest BCUT2D eigenvalue weighted by atomic mass is 35.5. The van der Waals surface area contributed by atoms with Gasteiger partial charge in [-0.05, 0) is 25.0 Å². The van der Waals surface area contributed by atoms with Gasteiger partial charge in [0.25, 0.3) is 0 Å². The second-order valence-corrected chi connectivity index (χ2v) is 12.2. The molecule has 1 N–H and O–H groups in total. The summed E-state index contributed by atoms with van der Waals surface area (Å²) < 4.78 is 47.5. The lowest BCUT2D eigenvalue weighted by molar-refractivity contribution is -0.118. The topological polar surface area (TPSA) is 101 Å². The summed E-state index contributed by atoms with van der Waals surface area (Å²) in [4.78, 5) is 14.3. The Bertz CT molecular complexity index is 906. The van der Waals surface area contributed by atoms with Gasteiger partial charge in [0.15, 0.2) is 19.7 Å². The predicted octanol–water partition coefficient (Wildman–Crippen LogP) is 1.61. The lowest BCUT2D eigenvalue weighted by Crippen LogP contribution is -2.48. The molecule has 150 valence electrons. The van der Waals surface area contributed by atoms with E-state index < -0.39 is 25.6 Å². The summed E-state index contributed by atoms with van der Waals surface area (Å²) in [7, 11) is -6.33. The van der Waals surface area contributed by atoms with Gasteiger partial charge in [-0.15, -0.1) is 0 Å². The van der Waals surface area contributed by atoms with E-state index >= 15 is 0 Å². The Kier molecular flexibility index (Phi) is 6.08. The van der Waals surface area contributed by atoms with Crippen molar-refractivity contribution in [2.45, 2.75) is 24.9 Å². The highest BCUT2D eigenvalue weighted by Crippen LogP contribution is 2.30. The average Bonchev–Trinajstić information content (AvgIpc) is 3.11. The smallest absolute Gasteiger partial charge is 0.238 e. The van der Waals surface area contributed by atoms with Crippen molar-refractivity contribution in [3.63, 3.8) is 0 Å². The van der Waals surface area contributed by atoms with Crippen LogP contribution in [0.3, 0.4) is 0 Å². The largest absolute Gasteiger partial charge is 0.324 e. The average molecular weight is 455 g/mol. The van der Waals surface area contributed by atoms with Gasteiger partial charge in [0.05, 0.1) is 45.3 Å². The van der Waals surface area contributed by atoms with Crippen LogP contribution in [-0.4, -0.2) is 69.3 Å². The van der Waals surface area contributed by atoms with Crippen LogP contribution in [0.15, 0.2) is 18.2 Å². The molecule has 0 aromatic heterocycles. The Morgan fingerprint density at radius 3 is 2.07 bits per heavy atom. The molecule has 2 unspecified atom stereocenters. The molecule has 2 saturated heterocycles. The quantitative estimate of drug-likeness (QED) is 0.724. The molecule has 3 rings (SSSR count). The molecular formula is C16H20Cl2N2O5S2. The molecule has 1 amide bonds. The third-order valence-corrected chi connectivity index (χ3v) is 9.23. The fourth-order valence-electron chi connectivity index (χ4n) is 3.59. The summed E-state index contributed by atoms with van der Waals surface area (Å²) in [5.74, 6) is -0.415. The molecule has 1 aromatic carbocycles. The Morgan fingerprint density at radius 2 is 1.59 bits per heavy atom. The van der Waals surface area contributed by atoms with Crippen LogP contribution in [0.4, 0.5) is 5.69 Å². The normalized spacial score (nSPS) is 26.3. The molecule has 11 heteroatoms. The number of sulfone groups is 2. The van der Waals surface area contributed by atoms with Crippen molar-refractivity contribution in [2.24, 2.45) is 0 Å². The van der Waals surface area contributed by atoms with Crippen LogP contribution in [0.1, 0.15) is 12.8 Å². The van der Waals surface area contributed by atoms with Crippen molar-refractivity contribution in [1.82, 2.24) is 4.90 Å². The zero-order chi connectivity index (χ0) is 19.8. The molecule has 0 aliphatic carbocycles. The molecule has 0 saturated carbocycles. The van der Waals surface area contributed by atoms with Crippen LogP contribution in [0, 0.1) is 0 Å². The van der Waals surface area contributed by atoms with E-state index in [0.29, 0.717) is 23.6 Å². The van der Waals surface area contributed by atoms with Gasteiger partial charge in [-0.3, -0.25) is 9.69 Å². The monoisotopic (exact) mass is 454 g/mol. The maximum absolute atomic E-state index is 12.6. The van der Waals surface area contributed by atoms with Crippen LogP contribution < -0.4 is 5.32 Å². The molecular weight excluding hydrogens is 435 g/mol. The minimum atomic E-state index is -3.17. The van der Waals surface area contributed by atoms with Crippen molar-refractivity contribution in [2.75, 3.05) is 34.9 Å². The van der Waals surface area contributed by atoms with E-state index in [-0.39, 0.29) is 46.7 Å². The van der Waals surface area contributed by atoms with Gasteiger partial charge in [0.1, 0.15) is 0 Å². The molecule has 0 spiro atoms. The number of benzene rings is 1. The number of hydrogen-bond acceptors (Lipinski definition) is 6. The fourth-order valence-corrected chi connectivity index (χ4v) is 7.42. The number of nitrogens with zero attached hydrogens (tertiary/aromatic N) is 1. The Morgan fingerprint density at radius 1 is 1.04 bits per heavy atom. The van der Waals surface area contributed by atoms with Gasteiger partial charge in [0, 0.05) is 12.1 Å². The number of carbonyl (C=O) groups is 1. The third-order valence-electron chi connectivity index (χ3n) is 4.91. The van der Waals surface area contributed by atoms with Gasteiger partial charge in [0.2, 0.25) is 5.91 Å². The highest BCUT2D eigenvalue weighted by molar-refractivity contribution is 7.92. The first-order valence-corrected chi connectivity index (χ1v) is 12.9. The SMILES string of the molecule is O=C(CN(C1CCS(=O)(=O)C1)C1CCS(=O)(=O)C1)Nc1cccc(Cl)c1Cl. The molecule has 2 atom stereocenters. The first-order valence-electron chi connectivity index (χ1n) is 8.47. The summed E-state index contributed by atoms with van der Waals surface area (Å²) >= 11 is 12.0. The van der Waals surface area contributed by atoms with E-state index in [1.165, 1.54) is 0 Å². The van der Waals surface area contributed by atoms with E-state index in [4.69, 9.17) is 23.2 Å². The number of halogens is 2. The molecule has 27 heavy (non-hydrogen) atoms. The lowest BCUT2D eigenvalue weighted by Gasteiger charge is -2.32. The molecule has 7 nitrogen and oxygen atoms in total. The summed E-state index contributed by atoms with van der Waals surface area (Å²) in [6.07, 6.45) is 0.786. The highest BCUT2D eigenvalue weighted by Gasteiger charge is 2.40. The zero-order valence-electron chi connectivity index (χ0n) is 14.4. The van der Waals surface area contributed by atoms with Gasteiger partial charge < -0.3 is 5.32 Å². The second-order valence-electron chi connectivity index (χ2n) is 6.94. The fraction of sp³-hybridized carbons (Fsp3) is 0.562. The van der Waals surface area contributed by atoms with Gasteiger partial charge in [-0.25, -0.2) is 16.8 Å². The van der Waals surface area contributed by atoms with Crippen LogP contribution in [0.2, 0.25) is 10.0 Å². The summed E-state index contributed by atoms with van der Waals surface area (Å²) in [5, 5.41) is 3.19. The van der Waals surface area contributed by atoms with Gasteiger partial charge >= 0.3 is 0 Å². The summed E-state index contributed by atoms with van der Waals surface area (Å²) in [6.45, 7) is -0.108. The Balaban J connectivity index is 1.76. The zero-order valence-corrected chi connectivity index (χ0v) is 17.5. The lowest BCUT2D eigenvalue weighted by atomic mass is 10.1. The van der Waals surface area contributed by atoms with E-state index in [0.717, 1.165) is 0 Å². The Hall–Kier alpha value is -0.870. The van der Waals surface area contributed by atoms with Gasteiger partial charge in [-0.2, -0.15) is 0 Å². The van der Waals surface area contributed by atoms with Crippen LogP contribution in [0.5, 0.6) is 0 Å². The maximum Gasteiger partial charge on any atom is 0.238 e. The molecule has 1 aromatic rings. The number of hydrogen-bond donors (Lipinski definition) is 1. The van der Waals surface area contributed by atoms with Crippen molar-refractivity contribution in [1.29, 1.82) is 0 Å². The van der Waals surface area contributed by atoms with E-state index in [2.05, 4.69) is 5.32 Å². The van der Waals surface area contributed by atoms with Crippen LogP contribution in [0.25, 0.3) is 0 Å². The van der Waals surface area contributed by atoms with Crippen LogP contribution in [-0.2, 0) is 24.5 Å². The molecule has 2 heterocycles. The molecule has 2 aliphatic heterocycles. The van der Waals surface area contributed by atoms with Crippen molar-refractivity contribution < 1.29 is 21.6 Å². The van der Waals surface area contributed by atoms with Crippen molar-refractivity contribution in [3.05, 3.63) is 28.2 Å². The Labute approximate surface area is 168 Å². The summed E-state index contributed by atoms with van der Waals surface area (Å²) in [6, 6.07) is 4.12. The first kappa shape index (κ1) is 20.9. The first-order chi connectivity index (χ1) is 12.6. The van der Waals surface area contributed by atoms with Crippen molar-refractivity contribution in [3.8, 4) is 0 Å². The summed E-state index contributed by atoms with van der Waals surface area (Å²) in [5.41, 5.74) is 0.354. The number of anilines is 1.